The molecule has 0 atom stereocenters. The summed E-state index contributed by atoms with van der Waals surface area (Å²) in [6, 6.07) is 6.02. The zero-order valence-electron chi connectivity index (χ0n) is 15.9. The second-order valence-electron chi connectivity index (χ2n) is 7.60. The van der Waals surface area contributed by atoms with E-state index in [0.29, 0.717) is 5.56 Å². The van der Waals surface area contributed by atoms with Gasteiger partial charge in [0.05, 0.1) is 17.7 Å². The maximum atomic E-state index is 13.2. The lowest BCUT2D eigenvalue weighted by Crippen LogP contribution is -2.40. The van der Waals surface area contributed by atoms with Crippen molar-refractivity contribution in [2.24, 2.45) is 0 Å². The van der Waals surface area contributed by atoms with Crippen molar-refractivity contribution >= 4 is 11.8 Å². The summed E-state index contributed by atoms with van der Waals surface area (Å²) >= 11 is 0. The van der Waals surface area contributed by atoms with Crippen LogP contribution in [0.4, 0.5) is 4.39 Å². The molecule has 1 aromatic carbocycles. The molecular weight excluding hydrogens is 381 g/mol. The van der Waals surface area contributed by atoms with E-state index in [1.165, 1.54) is 23.8 Å². The Labute approximate surface area is 166 Å². The van der Waals surface area contributed by atoms with Crippen LogP contribution in [0.5, 0.6) is 5.75 Å². The van der Waals surface area contributed by atoms with Crippen LogP contribution in [0.1, 0.15) is 58.7 Å². The van der Waals surface area contributed by atoms with Gasteiger partial charge in [-0.2, -0.15) is 0 Å². The Morgan fingerprint density at radius 3 is 2.48 bits per heavy atom. The molecule has 1 fully saturated rings. The van der Waals surface area contributed by atoms with Crippen molar-refractivity contribution in [2.45, 2.75) is 44.6 Å². The van der Waals surface area contributed by atoms with Crippen LogP contribution in [-0.2, 0) is 16.9 Å². The van der Waals surface area contributed by atoms with E-state index < -0.39 is 23.1 Å². The van der Waals surface area contributed by atoms with E-state index in [2.05, 4.69) is 10.3 Å². The van der Waals surface area contributed by atoms with Crippen LogP contribution >= 0.6 is 0 Å². The third-order valence-electron chi connectivity index (χ3n) is 5.11. The number of benzene rings is 1. The van der Waals surface area contributed by atoms with E-state index in [0.717, 1.165) is 18.4 Å². The zero-order valence-corrected chi connectivity index (χ0v) is 15.9. The van der Waals surface area contributed by atoms with E-state index in [1.54, 1.807) is 26.0 Å². The molecule has 3 N–H and O–H groups in total. The fraction of sp³-hybridized carbons (Fsp3) is 0.350. The maximum Gasteiger partial charge on any atom is 0.297 e. The number of amides is 2. The smallest absolute Gasteiger partial charge is 0.297 e. The number of rotatable bonds is 4. The minimum Gasteiger partial charge on any atom is -0.460 e. The maximum absolute atomic E-state index is 13.2. The van der Waals surface area contributed by atoms with Gasteiger partial charge < -0.3 is 14.8 Å². The molecule has 0 spiro atoms. The van der Waals surface area contributed by atoms with Crippen molar-refractivity contribution in [1.82, 2.24) is 15.8 Å². The van der Waals surface area contributed by atoms with E-state index >= 15 is 0 Å². The number of hydroxylamine groups is 1. The topological polar surface area (TPSA) is 110 Å². The van der Waals surface area contributed by atoms with Gasteiger partial charge in [-0.25, -0.2) is 14.9 Å². The molecule has 29 heavy (non-hydrogen) atoms. The summed E-state index contributed by atoms with van der Waals surface area (Å²) in [6.45, 7) is 3.36. The Morgan fingerprint density at radius 2 is 1.86 bits per heavy atom. The van der Waals surface area contributed by atoms with E-state index in [-0.39, 0.29) is 29.4 Å². The van der Waals surface area contributed by atoms with Gasteiger partial charge in [-0.1, -0.05) is 12.1 Å². The number of halogens is 1. The zero-order chi connectivity index (χ0) is 20.8. The lowest BCUT2D eigenvalue weighted by Gasteiger charge is -2.34. The Morgan fingerprint density at radius 1 is 1.17 bits per heavy atom. The van der Waals surface area contributed by atoms with Crippen molar-refractivity contribution in [2.75, 3.05) is 0 Å². The van der Waals surface area contributed by atoms with Crippen LogP contribution in [0.3, 0.4) is 0 Å². The van der Waals surface area contributed by atoms with Crippen molar-refractivity contribution < 1.29 is 28.7 Å². The lowest BCUT2D eigenvalue weighted by atomic mass is 10.0. The standard InChI is InChI=1S/C20H20FN3O5/c1-19(2)28-10-14-13(9-22-15(16(14)29-19)18(26)24-27)17(25)23-20(7-8-20)11-3-5-12(21)6-4-11/h3-6,9,27H,7-8,10H2,1-2H3,(H,23,25)(H,24,26). The van der Waals surface area contributed by atoms with Crippen LogP contribution < -0.4 is 15.5 Å². The van der Waals surface area contributed by atoms with Gasteiger partial charge >= 0.3 is 0 Å². The van der Waals surface area contributed by atoms with Crippen LogP contribution in [0.25, 0.3) is 0 Å². The summed E-state index contributed by atoms with van der Waals surface area (Å²) in [7, 11) is 0. The number of ether oxygens (including phenoxy) is 2. The van der Waals surface area contributed by atoms with Gasteiger partial charge in [-0.05, 0) is 30.5 Å². The van der Waals surface area contributed by atoms with Gasteiger partial charge in [0, 0.05) is 25.6 Å². The molecule has 1 saturated carbocycles. The highest BCUT2D eigenvalue weighted by atomic mass is 19.1. The molecule has 1 aliphatic heterocycles. The fourth-order valence-electron chi connectivity index (χ4n) is 3.38. The predicted octanol–water partition coefficient (Wildman–Crippen LogP) is 2.40. The Kier molecular flexibility index (Phi) is 4.51. The van der Waals surface area contributed by atoms with E-state index in [1.807, 2.05) is 0 Å². The van der Waals surface area contributed by atoms with Crippen molar-refractivity contribution in [3.63, 3.8) is 0 Å². The van der Waals surface area contributed by atoms with Crippen LogP contribution in [0.2, 0.25) is 0 Å². The van der Waals surface area contributed by atoms with Gasteiger partial charge in [-0.3, -0.25) is 14.8 Å². The average molecular weight is 401 g/mol. The first-order valence-electron chi connectivity index (χ1n) is 9.12. The number of nitrogens with zero attached hydrogens (tertiary/aromatic N) is 1. The molecule has 1 aliphatic carbocycles. The molecule has 9 heteroatoms. The molecule has 2 aromatic rings. The first kappa shape index (κ1) is 19.3. The number of fused-ring (bicyclic) bond motifs is 1. The van der Waals surface area contributed by atoms with Crippen LogP contribution in [0, 0.1) is 5.82 Å². The molecular formula is C20H20FN3O5. The minimum atomic E-state index is -1.03. The van der Waals surface area contributed by atoms with E-state index in [4.69, 9.17) is 14.7 Å². The fourth-order valence-corrected chi connectivity index (χ4v) is 3.38. The molecule has 152 valence electrons. The SMILES string of the molecule is CC1(C)OCc2c(C(=O)NC3(c4ccc(F)cc4)CC3)cnc(C(=O)NO)c2O1. The largest absolute Gasteiger partial charge is 0.460 e. The summed E-state index contributed by atoms with van der Waals surface area (Å²) in [5, 5.41) is 12.0. The average Bonchev–Trinajstić information content (AvgIpc) is 3.46. The third-order valence-corrected chi connectivity index (χ3v) is 5.11. The highest BCUT2D eigenvalue weighted by molar-refractivity contribution is 6.00. The van der Waals surface area contributed by atoms with Crippen molar-refractivity contribution in [3.05, 3.63) is 58.7 Å². The first-order valence-corrected chi connectivity index (χ1v) is 9.12. The van der Waals surface area contributed by atoms with Crippen LogP contribution in [-0.4, -0.2) is 27.8 Å². The van der Waals surface area contributed by atoms with Gasteiger partial charge in [0.15, 0.2) is 11.4 Å². The predicted molar refractivity (Wildman–Crippen MR) is 97.8 cm³/mol. The minimum absolute atomic E-state index is 0.0306. The van der Waals surface area contributed by atoms with Crippen LogP contribution in [0.15, 0.2) is 30.5 Å². The Balaban J connectivity index is 1.67. The van der Waals surface area contributed by atoms with E-state index in [9.17, 15) is 14.0 Å². The molecule has 4 rings (SSSR count). The number of hydrogen-bond acceptors (Lipinski definition) is 6. The number of pyridine rings is 1. The molecule has 0 bridgehead atoms. The number of carbonyl (C=O) groups is 2. The lowest BCUT2D eigenvalue weighted by molar-refractivity contribution is -0.180. The van der Waals surface area contributed by atoms with Gasteiger partial charge in [0.2, 0.25) is 5.79 Å². The summed E-state index contributed by atoms with van der Waals surface area (Å²) < 4.78 is 24.6. The normalized spacial score (nSPS) is 18.2. The van der Waals surface area contributed by atoms with Gasteiger partial charge in [-0.15, -0.1) is 0 Å². The third kappa shape index (κ3) is 3.54. The molecule has 2 aliphatic rings. The van der Waals surface area contributed by atoms with Crippen molar-refractivity contribution in [1.29, 1.82) is 0 Å². The molecule has 0 unspecified atom stereocenters. The quantitative estimate of drug-likeness (QED) is 0.536. The summed E-state index contributed by atoms with van der Waals surface area (Å²) in [5.41, 5.74) is 2.22. The summed E-state index contributed by atoms with van der Waals surface area (Å²) in [6.07, 6.45) is 2.71. The molecule has 8 nitrogen and oxygen atoms in total. The first-order chi connectivity index (χ1) is 13.7. The highest BCUT2D eigenvalue weighted by Gasteiger charge is 2.46. The Bertz CT molecular complexity index is 986. The number of carbonyl (C=O) groups excluding carboxylic acids is 2. The van der Waals surface area contributed by atoms with Crippen molar-refractivity contribution in [3.8, 4) is 5.75 Å². The van der Waals surface area contributed by atoms with Gasteiger partial charge in [0.1, 0.15) is 5.82 Å². The summed E-state index contributed by atoms with van der Waals surface area (Å²) in [5.74, 6) is -2.54. The molecule has 1 aromatic heterocycles. The molecule has 2 amide bonds. The molecule has 0 saturated heterocycles. The molecule has 2 heterocycles. The Hall–Kier alpha value is -3.04. The number of hydrogen-bond donors (Lipinski definition) is 3. The summed E-state index contributed by atoms with van der Waals surface area (Å²) in [4.78, 5) is 29.0. The highest BCUT2D eigenvalue weighted by Crippen LogP contribution is 2.46. The number of aromatic nitrogens is 1. The second kappa shape index (κ2) is 6.78. The monoisotopic (exact) mass is 401 g/mol. The second-order valence-corrected chi connectivity index (χ2v) is 7.60. The molecule has 0 radical (unpaired) electrons. The van der Waals surface area contributed by atoms with Gasteiger partial charge in [0.25, 0.3) is 11.8 Å². The number of nitrogens with one attached hydrogen (secondary N) is 2.